The molecule has 0 aliphatic carbocycles. The maximum absolute atomic E-state index is 12.1. The van der Waals surface area contributed by atoms with E-state index in [1.165, 1.54) is 0 Å². The van der Waals surface area contributed by atoms with Crippen molar-refractivity contribution in [1.82, 2.24) is 5.32 Å². The molecule has 0 saturated heterocycles. The summed E-state index contributed by atoms with van der Waals surface area (Å²) < 4.78 is 11.3. The van der Waals surface area contributed by atoms with E-state index in [-0.39, 0.29) is 17.8 Å². The summed E-state index contributed by atoms with van der Waals surface area (Å²) in [6, 6.07) is 5.35. The Bertz CT molecular complexity index is 572. The molecule has 1 aromatic carbocycles. The summed E-state index contributed by atoms with van der Waals surface area (Å²) in [5.41, 5.74) is 2.04. The Morgan fingerprint density at radius 2 is 2.20 bits per heavy atom. The standard InChI is InChI=1S/C15H19NO3S/c1-11-6-7-14(13(9-11)5-4-8-17)15(18)16-10-12(2)20(3)19/h6-7,9,12,17H,8,10H2,1-3H3,(H,16,18). The molecule has 2 N–H and O–H groups in total. The summed E-state index contributed by atoms with van der Waals surface area (Å²) >= 11 is 0. The van der Waals surface area contributed by atoms with Gasteiger partial charge in [0.05, 0.1) is 5.56 Å². The van der Waals surface area contributed by atoms with E-state index in [1.54, 1.807) is 18.4 Å². The van der Waals surface area contributed by atoms with E-state index in [1.807, 2.05) is 19.9 Å². The Kier molecular flexibility index (Phi) is 6.43. The van der Waals surface area contributed by atoms with Crippen LogP contribution in [0.5, 0.6) is 0 Å². The fourth-order valence-corrected chi connectivity index (χ4v) is 1.86. The summed E-state index contributed by atoms with van der Waals surface area (Å²) in [6.45, 7) is 3.83. The molecule has 1 rings (SSSR count). The third-order valence-corrected chi connectivity index (χ3v) is 4.14. The first kappa shape index (κ1) is 16.4. The zero-order valence-electron chi connectivity index (χ0n) is 11.9. The minimum atomic E-state index is -0.973. The highest BCUT2D eigenvalue weighted by atomic mass is 32.2. The van der Waals surface area contributed by atoms with Crippen LogP contribution in [0.25, 0.3) is 0 Å². The predicted octanol–water partition coefficient (Wildman–Crippen LogP) is 0.836. The Morgan fingerprint density at radius 3 is 2.80 bits per heavy atom. The van der Waals surface area contributed by atoms with Crippen LogP contribution in [-0.2, 0) is 10.8 Å². The predicted molar refractivity (Wildman–Crippen MR) is 81.0 cm³/mol. The van der Waals surface area contributed by atoms with Crippen LogP contribution in [0.4, 0.5) is 0 Å². The molecule has 5 heteroatoms. The molecule has 108 valence electrons. The van der Waals surface area contributed by atoms with E-state index < -0.39 is 10.8 Å². The summed E-state index contributed by atoms with van der Waals surface area (Å²) in [5.74, 6) is 5.08. The SMILES string of the molecule is Cc1ccc(C(=O)NCC(C)S(C)=O)c(C#CCO)c1. The number of aliphatic hydroxyl groups excluding tert-OH is 1. The lowest BCUT2D eigenvalue weighted by molar-refractivity contribution is 0.0954. The van der Waals surface area contributed by atoms with Crippen molar-refractivity contribution in [3.63, 3.8) is 0 Å². The van der Waals surface area contributed by atoms with Gasteiger partial charge in [0.25, 0.3) is 5.91 Å². The third kappa shape index (κ3) is 4.80. The van der Waals surface area contributed by atoms with Crippen LogP contribution < -0.4 is 5.32 Å². The number of amides is 1. The van der Waals surface area contributed by atoms with Crippen LogP contribution >= 0.6 is 0 Å². The van der Waals surface area contributed by atoms with Crippen molar-refractivity contribution in [2.24, 2.45) is 0 Å². The first-order chi connectivity index (χ1) is 9.45. The van der Waals surface area contributed by atoms with Gasteiger partial charge < -0.3 is 10.4 Å². The molecule has 1 aromatic rings. The van der Waals surface area contributed by atoms with Gasteiger partial charge in [-0.15, -0.1) is 0 Å². The summed E-state index contributed by atoms with van der Waals surface area (Å²) in [5, 5.41) is 11.4. The first-order valence-electron chi connectivity index (χ1n) is 6.26. The average molecular weight is 293 g/mol. The fraction of sp³-hybridized carbons (Fsp3) is 0.400. The second-order valence-electron chi connectivity index (χ2n) is 4.53. The molecule has 0 bridgehead atoms. The minimum absolute atomic E-state index is 0.101. The van der Waals surface area contributed by atoms with Crippen molar-refractivity contribution in [3.05, 3.63) is 34.9 Å². The largest absolute Gasteiger partial charge is 0.384 e. The van der Waals surface area contributed by atoms with Crippen LogP contribution in [0.3, 0.4) is 0 Å². The number of nitrogens with one attached hydrogen (secondary N) is 1. The number of aliphatic hydroxyl groups is 1. The molecule has 2 atom stereocenters. The Balaban J connectivity index is 2.89. The van der Waals surface area contributed by atoms with Crippen LogP contribution in [-0.4, -0.2) is 39.9 Å². The fourth-order valence-electron chi connectivity index (χ4n) is 1.54. The Hall–Kier alpha value is -1.64. The van der Waals surface area contributed by atoms with E-state index in [0.29, 0.717) is 17.7 Å². The van der Waals surface area contributed by atoms with Gasteiger partial charge in [-0.05, 0) is 31.5 Å². The third-order valence-electron chi connectivity index (χ3n) is 2.84. The lowest BCUT2D eigenvalue weighted by Gasteiger charge is -2.11. The molecule has 0 radical (unpaired) electrons. The molecule has 0 aliphatic rings. The molecule has 0 fully saturated rings. The van der Waals surface area contributed by atoms with Crippen molar-refractivity contribution >= 4 is 16.7 Å². The number of aryl methyl sites for hydroxylation is 1. The summed E-state index contributed by atoms with van der Waals surface area (Å²) in [6.07, 6.45) is 1.61. The maximum Gasteiger partial charge on any atom is 0.252 e. The normalized spacial score (nSPS) is 13.0. The van der Waals surface area contributed by atoms with Gasteiger partial charge in [0.15, 0.2) is 0 Å². The van der Waals surface area contributed by atoms with Crippen LogP contribution in [0.1, 0.15) is 28.4 Å². The Labute approximate surface area is 122 Å². The van der Waals surface area contributed by atoms with Crippen molar-refractivity contribution < 1.29 is 14.1 Å². The van der Waals surface area contributed by atoms with Crippen LogP contribution in [0.2, 0.25) is 0 Å². The van der Waals surface area contributed by atoms with E-state index in [0.717, 1.165) is 5.56 Å². The second-order valence-corrected chi connectivity index (χ2v) is 6.33. The maximum atomic E-state index is 12.1. The average Bonchev–Trinajstić information content (AvgIpc) is 2.42. The van der Waals surface area contributed by atoms with Gasteiger partial charge in [-0.2, -0.15) is 0 Å². The van der Waals surface area contributed by atoms with Gasteiger partial charge in [0.2, 0.25) is 0 Å². The molecule has 1 amide bonds. The highest BCUT2D eigenvalue weighted by Gasteiger charge is 2.13. The lowest BCUT2D eigenvalue weighted by atomic mass is 10.0. The van der Waals surface area contributed by atoms with E-state index in [4.69, 9.17) is 5.11 Å². The van der Waals surface area contributed by atoms with Gasteiger partial charge in [-0.25, -0.2) is 0 Å². The first-order valence-corrected chi connectivity index (χ1v) is 7.88. The van der Waals surface area contributed by atoms with Crippen LogP contribution in [0, 0.1) is 18.8 Å². The smallest absolute Gasteiger partial charge is 0.252 e. The zero-order valence-corrected chi connectivity index (χ0v) is 12.7. The zero-order chi connectivity index (χ0) is 15.1. The quantitative estimate of drug-likeness (QED) is 0.808. The number of rotatable bonds is 4. The van der Waals surface area contributed by atoms with Gasteiger partial charge in [-0.3, -0.25) is 9.00 Å². The van der Waals surface area contributed by atoms with E-state index in [2.05, 4.69) is 17.2 Å². The number of carbonyl (C=O) groups is 1. The topological polar surface area (TPSA) is 66.4 Å². The molecule has 4 nitrogen and oxygen atoms in total. The lowest BCUT2D eigenvalue weighted by Crippen LogP contribution is -2.33. The van der Waals surface area contributed by atoms with Crippen molar-refractivity contribution in [2.45, 2.75) is 19.1 Å². The molecule has 0 aliphatic heterocycles. The second kappa shape index (κ2) is 7.83. The summed E-state index contributed by atoms with van der Waals surface area (Å²) in [7, 11) is -0.973. The van der Waals surface area contributed by atoms with Gasteiger partial charge in [0, 0.05) is 34.4 Å². The highest BCUT2D eigenvalue weighted by molar-refractivity contribution is 7.84. The highest BCUT2D eigenvalue weighted by Crippen LogP contribution is 2.11. The van der Waals surface area contributed by atoms with Gasteiger partial charge in [0.1, 0.15) is 6.61 Å². The molecule has 0 saturated carbocycles. The molecule has 0 aromatic heterocycles. The molecule has 0 spiro atoms. The Morgan fingerprint density at radius 1 is 1.50 bits per heavy atom. The molecular weight excluding hydrogens is 274 g/mol. The monoisotopic (exact) mass is 293 g/mol. The molecule has 20 heavy (non-hydrogen) atoms. The number of carbonyl (C=O) groups excluding carboxylic acids is 1. The van der Waals surface area contributed by atoms with Crippen molar-refractivity contribution in [2.75, 3.05) is 19.4 Å². The number of hydrogen-bond donors (Lipinski definition) is 2. The molecular formula is C15H19NO3S. The minimum Gasteiger partial charge on any atom is -0.384 e. The van der Waals surface area contributed by atoms with Crippen molar-refractivity contribution in [3.8, 4) is 11.8 Å². The van der Waals surface area contributed by atoms with E-state index >= 15 is 0 Å². The number of benzene rings is 1. The van der Waals surface area contributed by atoms with E-state index in [9.17, 15) is 9.00 Å². The summed E-state index contributed by atoms with van der Waals surface area (Å²) in [4.78, 5) is 12.1. The van der Waals surface area contributed by atoms with Gasteiger partial charge in [-0.1, -0.05) is 17.9 Å². The molecule has 0 heterocycles. The van der Waals surface area contributed by atoms with Gasteiger partial charge >= 0.3 is 0 Å². The van der Waals surface area contributed by atoms with Crippen molar-refractivity contribution in [1.29, 1.82) is 0 Å². The molecule has 2 unspecified atom stereocenters. The number of hydrogen-bond acceptors (Lipinski definition) is 3. The van der Waals surface area contributed by atoms with Crippen LogP contribution in [0.15, 0.2) is 18.2 Å².